The molecule has 4 amide bonds. The molecule has 0 aliphatic carbocycles. The van der Waals surface area contributed by atoms with Gasteiger partial charge < -0.3 is 37.8 Å². The van der Waals surface area contributed by atoms with Gasteiger partial charge in [-0.3, -0.25) is 24.2 Å². The Morgan fingerprint density at radius 1 is 0.731 bits per heavy atom. The van der Waals surface area contributed by atoms with Crippen LogP contribution in [0, 0.1) is 5.92 Å². The number of carbonyl (C=O) groups excluding carboxylic acids is 4. The Morgan fingerprint density at radius 3 is 2.15 bits per heavy atom. The van der Waals surface area contributed by atoms with Crippen LogP contribution in [0.5, 0.6) is 5.75 Å². The van der Waals surface area contributed by atoms with Crippen LogP contribution in [0.2, 0.25) is 0 Å². The monoisotopic (exact) mass is 705 g/mol. The third kappa shape index (κ3) is 10.8. The van der Waals surface area contributed by atoms with Crippen molar-refractivity contribution in [3.05, 3.63) is 108 Å². The number of benzene rings is 4. The number of carbonyl (C=O) groups is 4. The normalized spacial score (nSPS) is 20.1. The number of anilines is 1. The number of aliphatic imine (C=N–C) groups is 1. The van der Waals surface area contributed by atoms with Crippen molar-refractivity contribution in [1.29, 1.82) is 0 Å². The summed E-state index contributed by atoms with van der Waals surface area (Å²) in [4.78, 5) is 59.9. The third-order valence-corrected chi connectivity index (χ3v) is 9.26. The van der Waals surface area contributed by atoms with E-state index in [0.29, 0.717) is 44.2 Å². The van der Waals surface area contributed by atoms with E-state index in [-0.39, 0.29) is 42.9 Å². The number of phenolic OH excluding ortho intramolecular Hbond substituents is 1. The molecule has 4 aromatic carbocycles. The number of nitrogens with zero attached hydrogens (tertiary/aromatic N) is 1. The standard InChI is InChI=1S/C40H47N7O5/c41-40(42)43-23-9-18-34-38(51)45-33(37(50)44-32-17-8-14-28-12-4-6-15-31(28)32)16-7-5-13-29(24-27-19-21-30(48)22-20-27)36(49)47-35(39(52)46-34)25-26-10-2-1-3-11-26/h1-4,6,8,10-12,14-15,17,19-22,29,33-35,48H,5,7,9,13,16,18,23-25H2,(H,44,50)(H,45,51)(H,46,52)(H,47,49)(H4,41,42,43)/t29-,33+,34+,35-/m1/s1. The minimum absolute atomic E-state index is 0.0860. The van der Waals surface area contributed by atoms with Gasteiger partial charge in [-0.1, -0.05) is 91.7 Å². The maximum Gasteiger partial charge on any atom is 0.246 e. The first kappa shape index (κ1) is 37.3. The van der Waals surface area contributed by atoms with Gasteiger partial charge in [0, 0.05) is 30.0 Å². The second kappa shape index (κ2) is 18.4. The first-order valence-electron chi connectivity index (χ1n) is 17.7. The van der Waals surface area contributed by atoms with Crippen molar-refractivity contribution in [1.82, 2.24) is 16.0 Å². The first-order chi connectivity index (χ1) is 25.2. The molecule has 5 rings (SSSR count). The third-order valence-electron chi connectivity index (χ3n) is 9.26. The second-order valence-corrected chi connectivity index (χ2v) is 13.2. The van der Waals surface area contributed by atoms with Crippen molar-refractivity contribution >= 4 is 46.0 Å². The van der Waals surface area contributed by atoms with Gasteiger partial charge in [0.15, 0.2) is 5.96 Å². The minimum atomic E-state index is -1.04. The van der Waals surface area contributed by atoms with Crippen LogP contribution >= 0.6 is 0 Å². The van der Waals surface area contributed by atoms with Gasteiger partial charge in [-0.05, 0) is 66.8 Å². The summed E-state index contributed by atoms with van der Waals surface area (Å²) in [6.45, 7) is 0.232. The van der Waals surface area contributed by atoms with Gasteiger partial charge in [-0.2, -0.15) is 0 Å². The van der Waals surface area contributed by atoms with Gasteiger partial charge in [0.25, 0.3) is 0 Å². The molecule has 4 aromatic rings. The highest BCUT2D eigenvalue weighted by molar-refractivity contribution is 6.05. The molecular formula is C40H47N7O5. The van der Waals surface area contributed by atoms with E-state index < -0.39 is 35.9 Å². The number of guanidine groups is 1. The zero-order valence-corrected chi connectivity index (χ0v) is 29.1. The van der Waals surface area contributed by atoms with Crippen molar-refractivity contribution < 1.29 is 24.3 Å². The lowest BCUT2D eigenvalue weighted by atomic mass is 9.91. The Bertz CT molecular complexity index is 1860. The fraction of sp³-hybridized carbons (Fsp3) is 0.325. The van der Waals surface area contributed by atoms with Crippen molar-refractivity contribution in [2.45, 2.75) is 69.5 Å². The number of phenols is 1. The highest BCUT2D eigenvalue weighted by atomic mass is 16.3. The maximum atomic E-state index is 14.0. The summed E-state index contributed by atoms with van der Waals surface area (Å²) in [5, 5.41) is 23.4. The number of nitrogens with one attached hydrogen (secondary N) is 4. The van der Waals surface area contributed by atoms with E-state index in [4.69, 9.17) is 11.5 Å². The molecule has 1 saturated heterocycles. The van der Waals surface area contributed by atoms with Crippen molar-refractivity contribution in [3.63, 3.8) is 0 Å². The van der Waals surface area contributed by atoms with E-state index in [1.54, 1.807) is 24.3 Å². The summed E-state index contributed by atoms with van der Waals surface area (Å²) in [7, 11) is 0. The maximum absolute atomic E-state index is 14.0. The Balaban J connectivity index is 1.44. The predicted molar refractivity (Wildman–Crippen MR) is 202 cm³/mol. The van der Waals surface area contributed by atoms with Gasteiger partial charge in [-0.15, -0.1) is 0 Å². The molecular weight excluding hydrogens is 658 g/mol. The molecule has 0 spiro atoms. The van der Waals surface area contributed by atoms with E-state index in [1.165, 1.54) is 0 Å². The van der Waals surface area contributed by atoms with Gasteiger partial charge in [-0.25, -0.2) is 0 Å². The number of fused-ring (bicyclic) bond motifs is 1. The lowest BCUT2D eigenvalue weighted by Gasteiger charge is -2.27. The molecule has 4 atom stereocenters. The molecule has 9 N–H and O–H groups in total. The molecule has 52 heavy (non-hydrogen) atoms. The number of aromatic hydroxyl groups is 1. The van der Waals surface area contributed by atoms with E-state index >= 15 is 0 Å². The second-order valence-electron chi connectivity index (χ2n) is 13.2. The summed E-state index contributed by atoms with van der Waals surface area (Å²) >= 11 is 0. The Labute approximate surface area is 303 Å². The Hall–Kier alpha value is -5.91. The number of hydrogen-bond donors (Lipinski definition) is 7. The minimum Gasteiger partial charge on any atom is -0.508 e. The zero-order chi connectivity index (χ0) is 36.9. The van der Waals surface area contributed by atoms with Gasteiger partial charge in [0.05, 0.1) is 0 Å². The molecule has 0 unspecified atom stereocenters. The van der Waals surface area contributed by atoms with Crippen LogP contribution in [-0.4, -0.2) is 59.4 Å². The van der Waals surface area contributed by atoms with Gasteiger partial charge >= 0.3 is 0 Å². The molecule has 0 radical (unpaired) electrons. The lowest BCUT2D eigenvalue weighted by Crippen LogP contribution is -2.57. The van der Waals surface area contributed by atoms with Gasteiger partial charge in [0.2, 0.25) is 23.6 Å². The fourth-order valence-electron chi connectivity index (χ4n) is 6.47. The molecule has 1 aliphatic heterocycles. The van der Waals surface area contributed by atoms with Crippen LogP contribution in [-0.2, 0) is 32.0 Å². The number of nitrogens with two attached hydrogens (primary N) is 2. The Kier molecular flexibility index (Phi) is 13.2. The molecule has 1 fully saturated rings. The average molecular weight is 706 g/mol. The lowest BCUT2D eigenvalue weighted by molar-refractivity contribution is -0.134. The largest absolute Gasteiger partial charge is 0.508 e. The van der Waals surface area contributed by atoms with Crippen molar-refractivity contribution in [2.75, 3.05) is 11.9 Å². The highest BCUT2D eigenvalue weighted by Crippen LogP contribution is 2.24. The smallest absolute Gasteiger partial charge is 0.246 e. The molecule has 1 aliphatic rings. The number of hydrogen-bond acceptors (Lipinski definition) is 6. The predicted octanol–water partition coefficient (Wildman–Crippen LogP) is 3.67. The molecule has 0 saturated carbocycles. The molecule has 272 valence electrons. The number of rotatable bonds is 10. The summed E-state index contributed by atoms with van der Waals surface area (Å²) < 4.78 is 0. The van der Waals surface area contributed by atoms with Crippen molar-refractivity contribution in [3.8, 4) is 5.75 Å². The summed E-state index contributed by atoms with van der Waals surface area (Å²) in [6.07, 6.45) is 3.05. The average Bonchev–Trinajstić information content (AvgIpc) is 3.14. The van der Waals surface area contributed by atoms with E-state index in [0.717, 1.165) is 21.9 Å². The van der Waals surface area contributed by atoms with Crippen LogP contribution in [0.3, 0.4) is 0 Å². The topological polar surface area (TPSA) is 201 Å². The van der Waals surface area contributed by atoms with Crippen LogP contribution in [0.1, 0.15) is 49.7 Å². The zero-order valence-electron chi connectivity index (χ0n) is 29.1. The molecule has 1 heterocycles. The number of amides is 4. The van der Waals surface area contributed by atoms with E-state index in [9.17, 15) is 24.3 Å². The highest BCUT2D eigenvalue weighted by Gasteiger charge is 2.32. The van der Waals surface area contributed by atoms with E-state index in [1.807, 2.05) is 72.8 Å². The molecule has 0 aromatic heterocycles. The van der Waals surface area contributed by atoms with Gasteiger partial charge in [0.1, 0.15) is 23.9 Å². The van der Waals surface area contributed by atoms with Crippen LogP contribution < -0.4 is 32.7 Å². The van der Waals surface area contributed by atoms with Crippen LogP contribution in [0.25, 0.3) is 10.8 Å². The van der Waals surface area contributed by atoms with Crippen LogP contribution in [0.15, 0.2) is 102 Å². The summed E-state index contributed by atoms with van der Waals surface area (Å²) in [5.41, 5.74) is 13.3. The molecule has 0 bridgehead atoms. The quantitative estimate of drug-likeness (QED) is 0.0741. The SMILES string of the molecule is NC(N)=NCCC[C@@H]1NC(=O)[C@@H](Cc2ccccc2)NC(=O)[C@@H](Cc2ccc(O)cc2)CCCC[C@@H](C(=O)Nc2cccc3ccccc23)NC1=O. The van der Waals surface area contributed by atoms with E-state index in [2.05, 4.69) is 26.3 Å². The first-order valence-corrected chi connectivity index (χ1v) is 17.7. The molecule has 12 heteroatoms. The Morgan fingerprint density at radius 2 is 1.38 bits per heavy atom. The summed E-state index contributed by atoms with van der Waals surface area (Å²) in [5.74, 6) is -2.19. The van der Waals surface area contributed by atoms with Crippen molar-refractivity contribution in [2.24, 2.45) is 22.4 Å². The summed E-state index contributed by atoms with van der Waals surface area (Å²) in [6, 6.07) is 26.4. The molecule has 12 nitrogen and oxygen atoms in total. The van der Waals surface area contributed by atoms with Crippen LogP contribution in [0.4, 0.5) is 5.69 Å². The fourth-order valence-corrected chi connectivity index (χ4v) is 6.47.